The van der Waals surface area contributed by atoms with Gasteiger partial charge in [0, 0.05) is 38.4 Å². The standard InChI is InChI=1S/C24H36N6/c1-19-16-21(12-14-29(19)18-20-8-4-3-5-9-20)27-24(25-2)26-17-22-13-15-30(28-22)23-10-6-7-11-23/h3-5,8-9,13,15,19,21,23H,6-7,10-12,14,16-18H2,1-2H3,(H2,25,26,27). The normalized spacial score (nSPS) is 23.6. The van der Waals surface area contributed by atoms with Crippen LogP contribution < -0.4 is 10.6 Å². The van der Waals surface area contributed by atoms with Gasteiger partial charge in [-0.3, -0.25) is 14.6 Å². The molecule has 6 heteroatoms. The predicted octanol–water partition coefficient (Wildman–Crippen LogP) is 3.72. The zero-order chi connectivity index (χ0) is 20.8. The molecule has 4 rings (SSSR count). The fourth-order valence-electron chi connectivity index (χ4n) is 4.81. The van der Waals surface area contributed by atoms with E-state index < -0.39 is 0 Å². The molecule has 6 nitrogen and oxygen atoms in total. The van der Waals surface area contributed by atoms with Crippen molar-refractivity contribution in [1.82, 2.24) is 25.3 Å². The second-order valence-electron chi connectivity index (χ2n) is 8.82. The number of likely N-dealkylation sites (tertiary alicyclic amines) is 1. The fourth-order valence-corrected chi connectivity index (χ4v) is 4.81. The molecule has 2 aromatic rings. The third-order valence-corrected chi connectivity index (χ3v) is 6.61. The van der Waals surface area contributed by atoms with E-state index in [1.165, 1.54) is 31.2 Å². The van der Waals surface area contributed by atoms with Crippen molar-refractivity contribution in [1.29, 1.82) is 0 Å². The Morgan fingerprint density at radius 3 is 2.67 bits per heavy atom. The van der Waals surface area contributed by atoms with E-state index in [2.05, 4.69) is 74.7 Å². The first-order chi connectivity index (χ1) is 14.7. The number of hydrogen-bond acceptors (Lipinski definition) is 3. The first-order valence-electron chi connectivity index (χ1n) is 11.5. The lowest BCUT2D eigenvalue weighted by Gasteiger charge is -2.38. The van der Waals surface area contributed by atoms with Crippen LogP contribution in [-0.4, -0.2) is 46.3 Å². The third kappa shape index (κ3) is 5.42. The molecule has 162 valence electrons. The Labute approximate surface area is 180 Å². The zero-order valence-electron chi connectivity index (χ0n) is 18.4. The zero-order valence-corrected chi connectivity index (χ0v) is 18.4. The number of benzene rings is 1. The Hall–Kier alpha value is -2.34. The lowest BCUT2D eigenvalue weighted by atomic mass is 9.97. The van der Waals surface area contributed by atoms with Crippen molar-refractivity contribution >= 4 is 5.96 Å². The number of aromatic nitrogens is 2. The number of guanidine groups is 1. The largest absolute Gasteiger partial charge is 0.354 e. The predicted molar refractivity (Wildman–Crippen MR) is 122 cm³/mol. The fraction of sp³-hybridized carbons (Fsp3) is 0.583. The topological polar surface area (TPSA) is 57.5 Å². The molecule has 0 amide bonds. The lowest BCUT2D eigenvalue weighted by Crippen LogP contribution is -2.51. The summed E-state index contributed by atoms with van der Waals surface area (Å²) in [7, 11) is 1.85. The van der Waals surface area contributed by atoms with Crippen molar-refractivity contribution in [3.63, 3.8) is 0 Å². The van der Waals surface area contributed by atoms with Crippen molar-refractivity contribution in [2.45, 2.75) is 76.7 Å². The average molecular weight is 409 g/mol. The van der Waals surface area contributed by atoms with Gasteiger partial charge in [-0.2, -0.15) is 5.10 Å². The van der Waals surface area contributed by atoms with Crippen LogP contribution >= 0.6 is 0 Å². The molecule has 2 aliphatic rings. The Balaban J connectivity index is 1.23. The maximum atomic E-state index is 4.77. The number of aliphatic imine (C=N–C) groups is 1. The van der Waals surface area contributed by atoms with Gasteiger partial charge in [-0.05, 0) is 44.2 Å². The number of nitrogens with zero attached hydrogens (tertiary/aromatic N) is 4. The molecule has 1 aliphatic heterocycles. The highest BCUT2D eigenvalue weighted by Crippen LogP contribution is 2.28. The minimum Gasteiger partial charge on any atom is -0.354 e. The highest BCUT2D eigenvalue weighted by molar-refractivity contribution is 5.79. The van der Waals surface area contributed by atoms with Crippen molar-refractivity contribution in [3.05, 3.63) is 53.9 Å². The summed E-state index contributed by atoms with van der Waals surface area (Å²) in [5.41, 5.74) is 2.47. The van der Waals surface area contributed by atoms with Crippen LogP contribution in [0.3, 0.4) is 0 Å². The van der Waals surface area contributed by atoms with Gasteiger partial charge in [0.1, 0.15) is 0 Å². The molecule has 1 saturated carbocycles. The van der Waals surface area contributed by atoms with Crippen LogP contribution in [0.2, 0.25) is 0 Å². The van der Waals surface area contributed by atoms with Gasteiger partial charge >= 0.3 is 0 Å². The maximum Gasteiger partial charge on any atom is 0.191 e. The van der Waals surface area contributed by atoms with Crippen LogP contribution in [0.1, 0.15) is 62.7 Å². The molecule has 1 aliphatic carbocycles. The molecule has 2 N–H and O–H groups in total. The highest BCUT2D eigenvalue weighted by Gasteiger charge is 2.26. The second-order valence-corrected chi connectivity index (χ2v) is 8.82. The summed E-state index contributed by atoms with van der Waals surface area (Å²) in [5, 5.41) is 11.9. The van der Waals surface area contributed by atoms with Gasteiger partial charge < -0.3 is 10.6 Å². The van der Waals surface area contributed by atoms with E-state index in [9.17, 15) is 0 Å². The minimum atomic E-state index is 0.453. The van der Waals surface area contributed by atoms with Gasteiger partial charge in [-0.1, -0.05) is 43.2 Å². The Morgan fingerprint density at radius 2 is 1.93 bits per heavy atom. The smallest absolute Gasteiger partial charge is 0.191 e. The minimum absolute atomic E-state index is 0.453. The molecule has 1 saturated heterocycles. The summed E-state index contributed by atoms with van der Waals surface area (Å²) in [5.74, 6) is 0.874. The van der Waals surface area contributed by atoms with Crippen molar-refractivity contribution in [2.24, 2.45) is 4.99 Å². The molecule has 2 unspecified atom stereocenters. The molecule has 1 aromatic carbocycles. The maximum absolute atomic E-state index is 4.77. The monoisotopic (exact) mass is 408 g/mol. The second kappa shape index (κ2) is 10.1. The molecule has 0 spiro atoms. The molecular formula is C24H36N6. The van der Waals surface area contributed by atoms with Gasteiger partial charge in [0.15, 0.2) is 5.96 Å². The lowest BCUT2D eigenvalue weighted by molar-refractivity contribution is 0.134. The summed E-state index contributed by atoms with van der Waals surface area (Å²) in [6, 6.07) is 14.5. The summed E-state index contributed by atoms with van der Waals surface area (Å²) in [6.07, 6.45) is 9.58. The van der Waals surface area contributed by atoms with Gasteiger partial charge in [0.25, 0.3) is 0 Å². The van der Waals surface area contributed by atoms with E-state index >= 15 is 0 Å². The Morgan fingerprint density at radius 1 is 1.13 bits per heavy atom. The van der Waals surface area contributed by atoms with Crippen LogP contribution in [-0.2, 0) is 13.1 Å². The molecule has 2 fully saturated rings. The van der Waals surface area contributed by atoms with E-state index in [1.807, 2.05) is 7.05 Å². The van der Waals surface area contributed by atoms with E-state index in [0.717, 1.165) is 37.6 Å². The average Bonchev–Trinajstić information content (AvgIpc) is 3.45. The Bertz CT molecular complexity index is 808. The van der Waals surface area contributed by atoms with Gasteiger partial charge in [0.05, 0.1) is 18.3 Å². The third-order valence-electron chi connectivity index (χ3n) is 6.61. The van der Waals surface area contributed by atoms with E-state index in [1.54, 1.807) is 0 Å². The molecule has 0 bridgehead atoms. The summed E-state index contributed by atoms with van der Waals surface area (Å²) in [4.78, 5) is 7.02. The van der Waals surface area contributed by atoms with Crippen molar-refractivity contribution < 1.29 is 0 Å². The van der Waals surface area contributed by atoms with Gasteiger partial charge in [0.2, 0.25) is 0 Å². The van der Waals surface area contributed by atoms with Gasteiger partial charge in [-0.15, -0.1) is 0 Å². The van der Waals surface area contributed by atoms with E-state index in [4.69, 9.17) is 5.10 Å². The number of rotatable bonds is 6. The molecule has 1 aromatic heterocycles. The summed E-state index contributed by atoms with van der Waals surface area (Å²) in [6.45, 7) is 5.19. The molecular weight excluding hydrogens is 372 g/mol. The van der Waals surface area contributed by atoms with Crippen molar-refractivity contribution in [3.8, 4) is 0 Å². The Kier molecular flexibility index (Phi) is 7.05. The SMILES string of the molecule is CN=C(NCc1ccn(C2CCCC2)n1)NC1CCN(Cc2ccccc2)C(C)C1. The first-order valence-corrected chi connectivity index (χ1v) is 11.5. The van der Waals surface area contributed by atoms with Crippen LogP contribution in [0.25, 0.3) is 0 Å². The molecule has 2 heterocycles. The van der Waals surface area contributed by atoms with Crippen LogP contribution in [0.15, 0.2) is 47.6 Å². The first kappa shape index (κ1) is 20.9. The summed E-state index contributed by atoms with van der Waals surface area (Å²) < 4.78 is 2.16. The molecule has 30 heavy (non-hydrogen) atoms. The number of nitrogens with one attached hydrogen (secondary N) is 2. The quantitative estimate of drug-likeness (QED) is 0.565. The molecule has 2 atom stereocenters. The van der Waals surface area contributed by atoms with E-state index in [-0.39, 0.29) is 0 Å². The highest BCUT2D eigenvalue weighted by atomic mass is 15.3. The van der Waals surface area contributed by atoms with E-state index in [0.29, 0.717) is 24.7 Å². The molecule has 0 radical (unpaired) electrons. The number of piperidine rings is 1. The summed E-state index contributed by atoms with van der Waals surface area (Å²) >= 11 is 0. The van der Waals surface area contributed by atoms with Crippen molar-refractivity contribution in [2.75, 3.05) is 13.6 Å². The van der Waals surface area contributed by atoms with Gasteiger partial charge in [-0.25, -0.2) is 0 Å². The van der Waals surface area contributed by atoms with Crippen LogP contribution in [0.4, 0.5) is 0 Å². The number of hydrogen-bond donors (Lipinski definition) is 2. The van der Waals surface area contributed by atoms with Crippen LogP contribution in [0.5, 0.6) is 0 Å². The van der Waals surface area contributed by atoms with Crippen LogP contribution in [0, 0.1) is 0 Å².